The molecular weight excluding hydrogens is 360 g/mol. The first-order chi connectivity index (χ1) is 13.5. The van der Waals surface area contributed by atoms with Crippen LogP contribution in [0, 0.1) is 0 Å². The molecule has 2 aromatic rings. The van der Waals surface area contributed by atoms with Gasteiger partial charge in [-0.25, -0.2) is 4.79 Å². The molecule has 3 rings (SSSR count). The Bertz CT molecular complexity index is 896. The number of fused-ring (bicyclic) bond motifs is 1. The van der Waals surface area contributed by atoms with E-state index in [4.69, 9.17) is 14.2 Å². The quantitative estimate of drug-likeness (QED) is 0.772. The maximum absolute atomic E-state index is 12.9. The van der Waals surface area contributed by atoms with Crippen LogP contribution in [-0.4, -0.2) is 45.8 Å². The number of hydrogen-bond donors (Lipinski definition) is 1. The lowest BCUT2D eigenvalue weighted by molar-refractivity contribution is -0.117. The Kier molecular flexibility index (Phi) is 5.73. The van der Waals surface area contributed by atoms with E-state index in [2.05, 4.69) is 5.32 Å². The molecule has 0 saturated carbocycles. The van der Waals surface area contributed by atoms with E-state index in [1.807, 2.05) is 31.2 Å². The van der Waals surface area contributed by atoms with Crippen LogP contribution in [0.15, 0.2) is 36.4 Å². The van der Waals surface area contributed by atoms with Crippen LogP contribution in [-0.2, 0) is 16.0 Å². The predicted octanol–water partition coefficient (Wildman–Crippen LogP) is 2.88. The van der Waals surface area contributed by atoms with Gasteiger partial charge in [0.05, 0.1) is 39.1 Å². The number of nitrogens with zero attached hydrogens (tertiary/aromatic N) is 1. The molecule has 28 heavy (non-hydrogen) atoms. The summed E-state index contributed by atoms with van der Waals surface area (Å²) in [6.07, 6.45) is 0.825. The van der Waals surface area contributed by atoms with Crippen LogP contribution in [0.5, 0.6) is 11.5 Å². The van der Waals surface area contributed by atoms with Crippen LogP contribution in [0.4, 0.5) is 11.4 Å². The highest BCUT2D eigenvalue weighted by molar-refractivity contribution is 6.01. The number of ether oxygens (including phenoxy) is 3. The van der Waals surface area contributed by atoms with E-state index < -0.39 is 5.97 Å². The van der Waals surface area contributed by atoms with E-state index in [0.717, 1.165) is 17.7 Å². The molecule has 0 aromatic heterocycles. The van der Waals surface area contributed by atoms with Gasteiger partial charge in [0.2, 0.25) is 5.91 Å². The van der Waals surface area contributed by atoms with Crippen LogP contribution in [0.1, 0.15) is 22.8 Å². The number of carbonyl (C=O) groups excluding carboxylic acids is 2. The average Bonchev–Trinajstić information content (AvgIpc) is 3.06. The van der Waals surface area contributed by atoms with E-state index >= 15 is 0 Å². The van der Waals surface area contributed by atoms with Crippen molar-refractivity contribution in [3.05, 3.63) is 47.5 Å². The van der Waals surface area contributed by atoms with Gasteiger partial charge in [-0.1, -0.05) is 18.2 Å². The van der Waals surface area contributed by atoms with Crippen LogP contribution < -0.4 is 19.7 Å². The minimum atomic E-state index is -0.532. The second kappa shape index (κ2) is 8.21. The molecule has 1 heterocycles. The van der Waals surface area contributed by atoms with E-state index in [0.29, 0.717) is 17.2 Å². The number of nitrogens with one attached hydrogen (secondary N) is 1. The maximum Gasteiger partial charge on any atom is 0.340 e. The van der Waals surface area contributed by atoms with Crippen molar-refractivity contribution in [2.24, 2.45) is 0 Å². The number of hydrogen-bond acceptors (Lipinski definition) is 6. The predicted molar refractivity (Wildman–Crippen MR) is 106 cm³/mol. The molecule has 7 heteroatoms. The molecule has 0 bridgehead atoms. The molecule has 7 nitrogen and oxygen atoms in total. The average molecular weight is 384 g/mol. The molecule has 0 aliphatic carbocycles. The first kappa shape index (κ1) is 19.5. The van der Waals surface area contributed by atoms with E-state index in [9.17, 15) is 9.59 Å². The van der Waals surface area contributed by atoms with Crippen molar-refractivity contribution in [1.82, 2.24) is 0 Å². The van der Waals surface area contributed by atoms with E-state index in [1.54, 1.807) is 11.0 Å². The number of methoxy groups -OCH3 is 3. The fourth-order valence-electron chi connectivity index (χ4n) is 3.51. The highest BCUT2D eigenvalue weighted by Gasteiger charge is 2.30. The lowest BCUT2D eigenvalue weighted by atomic mass is 10.1. The minimum absolute atomic E-state index is 0.0259. The van der Waals surface area contributed by atoms with Crippen molar-refractivity contribution in [3.63, 3.8) is 0 Å². The normalized spacial score (nSPS) is 15.0. The summed E-state index contributed by atoms with van der Waals surface area (Å²) in [4.78, 5) is 26.9. The number of rotatable bonds is 6. The Labute approximate surface area is 164 Å². The van der Waals surface area contributed by atoms with Crippen LogP contribution in [0.25, 0.3) is 0 Å². The topological polar surface area (TPSA) is 77.1 Å². The molecule has 1 aliphatic heterocycles. The molecule has 2 aromatic carbocycles. The number of esters is 1. The van der Waals surface area contributed by atoms with Crippen molar-refractivity contribution >= 4 is 23.3 Å². The summed E-state index contributed by atoms with van der Waals surface area (Å²) < 4.78 is 15.4. The van der Waals surface area contributed by atoms with Crippen molar-refractivity contribution in [2.45, 2.75) is 19.4 Å². The zero-order chi connectivity index (χ0) is 20.3. The van der Waals surface area contributed by atoms with Gasteiger partial charge in [-0.05, 0) is 25.0 Å². The Morgan fingerprint density at radius 2 is 1.79 bits per heavy atom. The smallest absolute Gasteiger partial charge is 0.340 e. The van der Waals surface area contributed by atoms with Gasteiger partial charge < -0.3 is 24.4 Å². The lowest BCUT2D eigenvalue weighted by Gasteiger charge is -2.23. The molecule has 1 N–H and O–H groups in total. The van der Waals surface area contributed by atoms with Gasteiger partial charge in [0, 0.05) is 23.9 Å². The second-order valence-corrected chi connectivity index (χ2v) is 6.54. The van der Waals surface area contributed by atoms with Crippen molar-refractivity contribution in [3.8, 4) is 11.5 Å². The van der Waals surface area contributed by atoms with E-state index in [-0.39, 0.29) is 24.1 Å². The van der Waals surface area contributed by atoms with E-state index in [1.165, 1.54) is 27.4 Å². The third kappa shape index (κ3) is 3.60. The maximum atomic E-state index is 12.9. The minimum Gasteiger partial charge on any atom is -0.493 e. The molecular formula is C21H24N2O5. The number of benzene rings is 2. The highest BCUT2D eigenvalue weighted by Crippen LogP contribution is 2.34. The molecule has 148 valence electrons. The van der Waals surface area contributed by atoms with Gasteiger partial charge >= 0.3 is 5.97 Å². The molecule has 1 atom stereocenters. The lowest BCUT2D eigenvalue weighted by Crippen LogP contribution is -2.39. The molecule has 0 saturated heterocycles. The van der Waals surface area contributed by atoms with Crippen molar-refractivity contribution in [1.29, 1.82) is 0 Å². The Morgan fingerprint density at radius 1 is 1.11 bits per heavy atom. The molecule has 0 spiro atoms. The van der Waals surface area contributed by atoms with Crippen molar-refractivity contribution in [2.75, 3.05) is 38.1 Å². The highest BCUT2D eigenvalue weighted by atomic mass is 16.5. The fourth-order valence-corrected chi connectivity index (χ4v) is 3.51. The first-order valence-corrected chi connectivity index (χ1v) is 8.98. The van der Waals surface area contributed by atoms with Crippen LogP contribution in [0.2, 0.25) is 0 Å². The van der Waals surface area contributed by atoms with Gasteiger partial charge in [-0.2, -0.15) is 0 Å². The molecule has 1 amide bonds. The summed E-state index contributed by atoms with van der Waals surface area (Å²) in [5, 5.41) is 3.05. The van der Waals surface area contributed by atoms with Gasteiger partial charge in [0.15, 0.2) is 11.5 Å². The molecule has 1 aliphatic rings. The van der Waals surface area contributed by atoms with Gasteiger partial charge in [0.1, 0.15) is 0 Å². The number of para-hydroxylation sites is 1. The largest absolute Gasteiger partial charge is 0.493 e. The molecule has 0 radical (unpaired) electrons. The number of anilines is 2. The summed E-state index contributed by atoms with van der Waals surface area (Å²) in [5.41, 5.74) is 2.80. The summed E-state index contributed by atoms with van der Waals surface area (Å²) in [6.45, 7) is 2.05. The third-order valence-electron chi connectivity index (χ3n) is 4.84. The van der Waals surface area contributed by atoms with Crippen molar-refractivity contribution < 1.29 is 23.8 Å². The monoisotopic (exact) mass is 384 g/mol. The molecule has 0 unspecified atom stereocenters. The Balaban J connectivity index is 1.84. The zero-order valence-corrected chi connectivity index (χ0v) is 16.4. The summed E-state index contributed by atoms with van der Waals surface area (Å²) in [5.74, 6) is 0.241. The SMILES string of the molecule is COC(=O)c1cc(OC)c(OC)cc1NCC(=O)N1c2ccccc2C[C@@H]1C. The van der Waals surface area contributed by atoms with Gasteiger partial charge in [-0.15, -0.1) is 0 Å². The standard InChI is InChI=1S/C21H24N2O5/c1-13-9-14-7-5-6-8-17(14)23(13)20(24)12-22-16-11-19(27-3)18(26-2)10-15(16)21(25)28-4/h5-8,10-11,13,22H,9,12H2,1-4H3/t13-/m0/s1. The zero-order valence-electron chi connectivity index (χ0n) is 16.4. The Morgan fingerprint density at radius 3 is 2.46 bits per heavy atom. The third-order valence-corrected chi connectivity index (χ3v) is 4.84. The van der Waals surface area contributed by atoms with Crippen LogP contribution >= 0.6 is 0 Å². The van der Waals surface area contributed by atoms with Crippen LogP contribution in [0.3, 0.4) is 0 Å². The fraction of sp³-hybridized carbons (Fsp3) is 0.333. The first-order valence-electron chi connectivity index (χ1n) is 8.98. The second-order valence-electron chi connectivity index (χ2n) is 6.54. The Hall–Kier alpha value is -3.22. The summed E-state index contributed by atoms with van der Waals surface area (Å²) in [7, 11) is 4.30. The summed E-state index contributed by atoms with van der Waals surface area (Å²) >= 11 is 0. The molecule has 0 fully saturated rings. The summed E-state index contributed by atoms with van der Waals surface area (Å²) in [6, 6.07) is 11.1. The van der Waals surface area contributed by atoms with Gasteiger partial charge in [0.25, 0.3) is 0 Å². The van der Waals surface area contributed by atoms with Gasteiger partial charge in [-0.3, -0.25) is 4.79 Å². The number of amides is 1. The number of carbonyl (C=O) groups is 2.